The van der Waals surface area contributed by atoms with Crippen molar-refractivity contribution in [3.63, 3.8) is 0 Å². The minimum absolute atomic E-state index is 0.273. The van der Waals surface area contributed by atoms with E-state index in [1.807, 2.05) is 44.2 Å². The Hall–Kier alpha value is -3.51. The van der Waals surface area contributed by atoms with Crippen molar-refractivity contribution in [3.8, 4) is 21.8 Å². The quantitative estimate of drug-likeness (QED) is 0.400. The first-order chi connectivity index (χ1) is 14.0. The van der Waals surface area contributed by atoms with Gasteiger partial charge in [0, 0.05) is 22.0 Å². The Kier molecular flexibility index (Phi) is 3.96. The van der Waals surface area contributed by atoms with Crippen LogP contribution in [-0.2, 0) is 0 Å². The first kappa shape index (κ1) is 17.6. The van der Waals surface area contributed by atoms with Crippen molar-refractivity contribution >= 4 is 39.1 Å². The third-order valence-corrected chi connectivity index (χ3v) is 6.10. The molecule has 5 rings (SSSR count). The molecule has 2 aromatic carbocycles. The Labute approximate surface area is 170 Å². The van der Waals surface area contributed by atoms with E-state index in [1.165, 1.54) is 0 Å². The fourth-order valence-electron chi connectivity index (χ4n) is 3.60. The summed E-state index contributed by atoms with van der Waals surface area (Å²) in [5, 5.41) is 12.3. The van der Waals surface area contributed by atoms with E-state index in [-0.39, 0.29) is 5.56 Å². The van der Waals surface area contributed by atoms with Crippen LogP contribution in [0.3, 0.4) is 0 Å². The Bertz CT molecular complexity index is 1410. The van der Waals surface area contributed by atoms with Crippen molar-refractivity contribution < 1.29 is 9.90 Å². The average molecular weight is 399 g/mol. The number of carboxylic acid groups (broad SMARTS) is 1. The zero-order valence-electron chi connectivity index (χ0n) is 15.9. The topological polar surface area (TPSA) is 78.9 Å². The highest BCUT2D eigenvalue weighted by Crippen LogP contribution is 2.31. The van der Waals surface area contributed by atoms with Crippen LogP contribution in [-0.4, -0.2) is 26.0 Å². The Balaban J connectivity index is 1.56. The van der Waals surface area contributed by atoms with Crippen LogP contribution < -0.4 is 0 Å². The summed E-state index contributed by atoms with van der Waals surface area (Å²) in [5.74, 6) is -0.929. The van der Waals surface area contributed by atoms with Crippen molar-refractivity contribution in [1.29, 1.82) is 0 Å². The maximum absolute atomic E-state index is 11.2. The van der Waals surface area contributed by atoms with E-state index in [4.69, 9.17) is 4.98 Å². The van der Waals surface area contributed by atoms with E-state index < -0.39 is 5.97 Å². The lowest BCUT2D eigenvalue weighted by Crippen LogP contribution is -1.94. The summed E-state index contributed by atoms with van der Waals surface area (Å²) in [5.41, 5.74) is 5.95. The van der Waals surface area contributed by atoms with E-state index in [2.05, 4.69) is 22.1 Å². The number of nitrogens with one attached hydrogen (secondary N) is 1. The number of aromatic carboxylic acids is 1. The zero-order chi connectivity index (χ0) is 20.1. The molecule has 0 amide bonds. The van der Waals surface area contributed by atoms with Gasteiger partial charge in [0.2, 0.25) is 0 Å². The minimum Gasteiger partial charge on any atom is -0.478 e. The van der Waals surface area contributed by atoms with Gasteiger partial charge in [-0.1, -0.05) is 18.2 Å². The van der Waals surface area contributed by atoms with E-state index >= 15 is 0 Å². The number of H-pyrrole nitrogens is 1. The fourth-order valence-corrected chi connectivity index (χ4v) is 4.49. The molecule has 6 heteroatoms. The summed E-state index contributed by atoms with van der Waals surface area (Å²) in [6, 6.07) is 17.4. The number of aromatic nitrogens is 3. The van der Waals surface area contributed by atoms with Crippen molar-refractivity contribution in [2.45, 2.75) is 13.8 Å². The van der Waals surface area contributed by atoms with Gasteiger partial charge in [0.05, 0.1) is 32.4 Å². The molecule has 0 fully saturated rings. The summed E-state index contributed by atoms with van der Waals surface area (Å²) < 4.78 is 0. The molecule has 0 atom stereocenters. The molecule has 0 aliphatic heterocycles. The fraction of sp³-hybridized carbons (Fsp3) is 0.0870. The van der Waals surface area contributed by atoms with Gasteiger partial charge in [-0.25, -0.2) is 14.8 Å². The summed E-state index contributed by atoms with van der Waals surface area (Å²) in [6.07, 6.45) is 0. The Morgan fingerprint density at radius 1 is 0.966 bits per heavy atom. The summed E-state index contributed by atoms with van der Waals surface area (Å²) in [7, 11) is 0. The Morgan fingerprint density at radius 2 is 1.79 bits per heavy atom. The van der Waals surface area contributed by atoms with Gasteiger partial charge in [-0.05, 0) is 55.8 Å². The van der Waals surface area contributed by atoms with Gasteiger partial charge in [-0.3, -0.25) is 0 Å². The average Bonchev–Trinajstić information content (AvgIpc) is 3.29. The highest BCUT2D eigenvalue weighted by Gasteiger charge is 2.11. The number of rotatable bonds is 3. The number of carbonyl (C=O) groups is 1. The van der Waals surface area contributed by atoms with Crippen LogP contribution in [0.2, 0.25) is 0 Å². The summed E-state index contributed by atoms with van der Waals surface area (Å²) in [4.78, 5) is 25.0. The van der Waals surface area contributed by atoms with Crippen LogP contribution in [0.25, 0.3) is 43.6 Å². The first-order valence-corrected chi connectivity index (χ1v) is 10.0. The number of aryl methyl sites for hydroxylation is 2. The maximum atomic E-state index is 11.2. The molecular weight excluding hydrogens is 382 g/mol. The lowest BCUT2D eigenvalue weighted by Gasteiger charge is -2.04. The first-order valence-electron chi connectivity index (χ1n) is 9.19. The highest BCUT2D eigenvalue weighted by molar-refractivity contribution is 7.15. The highest BCUT2D eigenvalue weighted by atomic mass is 32.1. The van der Waals surface area contributed by atoms with Crippen LogP contribution in [0.4, 0.5) is 0 Å². The number of thiazole rings is 1. The minimum atomic E-state index is -0.929. The van der Waals surface area contributed by atoms with E-state index in [0.29, 0.717) is 0 Å². The molecule has 0 aliphatic rings. The van der Waals surface area contributed by atoms with Gasteiger partial charge in [0.1, 0.15) is 0 Å². The third kappa shape index (κ3) is 3.07. The molecular formula is C23H17N3O2S. The predicted octanol–water partition coefficient (Wildman–Crippen LogP) is 5.82. The Morgan fingerprint density at radius 3 is 2.55 bits per heavy atom. The summed E-state index contributed by atoms with van der Waals surface area (Å²) in [6.45, 7) is 4.02. The number of hydrogen-bond donors (Lipinski definition) is 2. The molecule has 3 aromatic heterocycles. The molecule has 2 N–H and O–H groups in total. The lowest BCUT2D eigenvalue weighted by molar-refractivity contribution is 0.0697. The van der Waals surface area contributed by atoms with Crippen molar-refractivity contribution in [1.82, 2.24) is 15.0 Å². The molecule has 5 nitrogen and oxygen atoms in total. The normalized spacial score (nSPS) is 11.4. The largest absolute Gasteiger partial charge is 0.478 e. The van der Waals surface area contributed by atoms with Gasteiger partial charge in [0.15, 0.2) is 0 Å². The molecule has 0 saturated heterocycles. The standard InChI is InChI=1S/C23H17N3O2S/c1-12-22(29-13(2)24-12)19-8-6-14-9-15(5-7-18(14)25-19)20-10-16-3-4-17(23(27)28)11-21(16)26-20/h3-11,26H,1-2H3,(H,27,28). The van der Waals surface area contributed by atoms with Crippen molar-refractivity contribution in [2.75, 3.05) is 0 Å². The van der Waals surface area contributed by atoms with Gasteiger partial charge < -0.3 is 10.1 Å². The molecule has 0 aliphatic carbocycles. The third-order valence-electron chi connectivity index (χ3n) is 5.01. The number of aromatic amines is 1. The molecule has 0 radical (unpaired) electrons. The lowest BCUT2D eigenvalue weighted by atomic mass is 10.1. The molecule has 3 heterocycles. The SMILES string of the molecule is Cc1nc(C)c(-c2ccc3cc(-c4cc5ccc(C(=O)O)cc5[nH]4)ccc3n2)s1. The van der Waals surface area contributed by atoms with Crippen LogP contribution in [0, 0.1) is 13.8 Å². The van der Waals surface area contributed by atoms with Crippen LogP contribution in [0.1, 0.15) is 21.1 Å². The maximum Gasteiger partial charge on any atom is 0.335 e. The monoisotopic (exact) mass is 399 g/mol. The predicted molar refractivity (Wildman–Crippen MR) is 117 cm³/mol. The van der Waals surface area contributed by atoms with Crippen LogP contribution >= 0.6 is 11.3 Å². The molecule has 142 valence electrons. The molecule has 0 saturated carbocycles. The van der Waals surface area contributed by atoms with Crippen LogP contribution in [0.5, 0.6) is 0 Å². The molecule has 0 unspecified atom stereocenters. The second-order valence-electron chi connectivity index (χ2n) is 7.04. The van der Waals surface area contributed by atoms with E-state index in [1.54, 1.807) is 23.5 Å². The van der Waals surface area contributed by atoms with Gasteiger partial charge in [-0.15, -0.1) is 11.3 Å². The molecule has 0 bridgehead atoms. The number of carboxylic acids is 1. The number of fused-ring (bicyclic) bond motifs is 2. The molecule has 0 spiro atoms. The van der Waals surface area contributed by atoms with E-state index in [0.717, 1.165) is 54.3 Å². The zero-order valence-corrected chi connectivity index (χ0v) is 16.7. The number of nitrogens with zero attached hydrogens (tertiary/aromatic N) is 2. The number of benzene rings is 2. The van der Waals surface area contributed by atoms with Crippen LogP contribution in [0.15, 0.2) is 54.6 Å². The van der Waals surface area contributed by atoms with Gasteiger partial charge in [-0.2, -0.15) is 0 Å². The number of hydrogen-bond acceptors (Lipinski definition) is 4. The molecule has 29 heavy (non-hydrogen) atoms. The van der Waals surface area contributed by atoms with E-state index in [9.17, 15) is 9.90 Å². The van der Waals surface area contributed by atoms with Crippen molar-refractivity contribution in [3.05, 3.63) is 70.9 Å². The second-order valence-corrected chi connectivity index (χ2v) is 8.24. The second kappa shape index (κ2) is 6.53. The summed E-state index contributed by atoms with van der Waals surface area (Å²) >= 11 is 1.66. The number of pyridine rings is 1. The van der Waals surface area contributed by atoms with Gasteiger partial charge >= 0.3 is 5.97 Å². The van der Waals surface area contributed by atoms with Crippen molar-refractivity contribution in [2.24, 2.45) is 0 Å². The molecule has 5 aromatic rings. The smallest absolute Gasteiger partial charge is 0.335 e. The van der Waals surface area contributed by atoms with Gasteiger partial charge in [0.25, 0.3) is 0 Å².